The van der Waals surface area contributed by atoms with Crippen molar-refractivity contribution in [2.75, 3.05) is 4.90 Å². The zero-order valence-electron chi connectivity index (χ0n) is 39.1. The Morgan fingerprint density at radius 1 is 0.735 bits per heavy atom. The largest absolute Gasteiger partial charge is 0.361 e. The Morgan fingerprint density at radius 3 is 2.51 bits per heavy atom. The zero-order valence-corrected chi connectivity index (χ0v) is 39.1. The van der Waals surface area contributed by atoms with Crippen LogP contribution in [-0.4, -0.2) is 28.7 Å². The van der Waals surface area contributed by atoms with Crippen molar-refractivity contribution >= 4 is 56.6 Å². The number of allylic oxidation sites excluding steroid dienone is 13. The van der Waals surface area contributed by atoms with Crippen LogP contribution in [0.2, 0.25) is 0 Å². The molecule has 2 aliphatic heterocycles. The van der Waals surface area contributed by atoms with E-state index in [0.29, 0.717) is 29.8 Å². The maximum absolute atomic E-state index is 5.56. The van der Waals surface area contributed by atoms with Crippen LogP contribution in [0.5, 0.6) is 0 Å². The number of anilines is 1. The topological polar surface area (TPSA) is 44.6 Å². The predicted octanol–water partition coefficient (Wildman–Crippen LogP) is 14.1. The van der Waals surface area contributed by atoms with E-state index in [1.54, 1.807) is 5.57 Å². The molecule has 68 heavy (non-hydrogen) atoms. The standard InChI is InChI=1S/C63H61N5/c1-3-15-40(16-4-1)41-27-29-44(30-28-41)62-64-61(43-18-5-2-6-19-43)65-63(66-62)52-34-36-57(50-22-10-9-21-49(50)52)68-55-25-13-11-23-51(55)54-38-46-37-47(33-31-45(46)39-59(54)68)67-56-26-14-12-24-53(56)60-48-20-8-7-17-42(48)32-35-58(60)67/h1,3,5,7-9,11,14-15,17-18,20-21,23,26-30,32-38,43,45,51,55,59,61-62,64H,2,4,6,10,12-13,16,19,22,24-25,31,39H2,(H,65,66). The van der Waals surface area contributed by atoms with Gasteiger partial charge in [0.05, 0.1) is 17.7 Å². The lowest BCUT2D eigenvalue weighted by Crippen LogP contribution is -2.55. The van der Waals surface area contributed by atoms with Crippen LogP contribution in [0.15, 0.2) is 162 Å². The molecule has 1 saturated heterocycles. The minimum atomic E-state index is -0.127. The second kappa shape index (κ2) is 16.7. The van der Waals surface area contributed by atoms with Crippen LogP contribution < -0.4 is 15.5 Å². The molecule has 1 aromatic heterocycles. The van der Waals surface area contributed by atoms with E-state index in [4.69, 9.17) is 4.99 Å². The highest BCUT2D eigenvalue weighted by Gasteiger charge is 2.48. The van der Waals surface area contributed by atoms with Crippen LogP contribution in [0.3, 0.4) is 0 Å². The molecule has 14 rings (SSSR count). The van der Waals surface area contributed by atoms with Gasteiger partial charge in [0.15, 0.2) is 0 Å². The van der Waals surface area contributed by atoms with Gasteiger partial charge in [-0.25, -0.2) is 4.99 Å². The van der Waals surface area contributed by atoms with E-state index in [1.165, 1.54) is 109 Å². The molecule has 5 aromatic rings. The van der Waals surface area contributed by atoms with Gasteiger partial charge in [-0.1, -0.05) is 128 Å². The molecule has 7 unspecified atom stereocenters. The SMILES string of the molecule is C1=CCCC(c2ccc(C3N=C(c4ccc(N5C6CC7CC=C(n8c9c(c%10c%11ccccc%11ccc%108)CCC=C9)C=C7C=C6C6C=CCCC65)c5c4C=CCC5)NC(C4C=CCCC4)N3)cc2)=C1. The maximum atomic E-state index is 5.56. The van der Waals surface area contributed by atoms with E-state index in [-0.39, 0.29) is 12.3 Å². The molecule has 0 spiro atoms. The monoisotopic (exact) mass is 887 g/mol. The number of amidine groups is 1. The van der Waals surface area contributed by atoms with Gasteiger partial charge in [-0.15, -0.1) is 0 Å². The Balaban J connectivity index is 0.824. The summed E-state index contributed by atoms with van der Waals surface area (Å²) in [7, 11) is 0. The summed E-state index contributed by atoms with van der Waals surface area (Å²) in [5, 5.41) is 12.1. The molecule has 2 N–H and O–H groups in total. The number of benzene rings is 4. The number of hydrogen-bond donors (Lipinski definition) is 2. The summed E-state index contributed by atoms with van der Waals surface area (Å²) >= 11 is 0. The summed E-state index contributed by atoms with van der Waals surface area (Å²) in [5.41, 5.74) is 18.2. The predicted molar refractivity (Wildman–Crippen MR) is 284 cm³/mol. The summed E-state index contributed by atoms with van der Waals surface area (Å²) in [6, 6.07) is 28.7. The van der Waals surface area contributed by atoms with Crippen molar-refractivity contribution in [1.82, 2.24) is 15.2 Å². The number of nitrogens with zero attached hydrogens (tertiary/aromatic N) is 3. The van der Waals surface area contributed by atoms with Gasteiger partial charge in [-0.2, -0.15) is 0 Å². The summed E-state index contributed by atoms with van der Waals surface area (Å²) < 4.78 is 2.59. The normalized spacial score (nSPS) is 27.9. The lowest BCUT2D eigenvalue weighted by molar-refractivity contribution is 0.308. The molecule has 1 fully saturated rings. The van der Waals surface area contributed by atoms with Gasteiger partial charge in [0, 0.05) is 45.9 Å². The van der Waals surface area contributed by atoms with Gasteiger partial charge in [0.25, 0.3) is 0 Å². The molecule has 338 valence electrons. The molecule has 0 bridgehead atoms. The highest BCUT2D eigenvalue weighted by Crippen LogP contribution is 2.52. The Kier molecular flexibility index (Phi) is 9.95. The Morgan fingerprint density at radius 2 is 1.62 bits per heavy atom. The Bertz CT molecular complexity index is 3210. The number of hydrogen-bond acceptors (Lipinski definition) is 4. The van der Waals surface area contributed by atoms with Gasteiger partial charge in [-0.3, -0.25) is 5.32 Å². The van der Waals surface area contributed by atoms with E-state index >= 15 is 0 Å². The molecule has 0 radical (unpaired) electrons. The summed E-state index contributed by atoms with van der Waals surface area (Å²) in [6.07, 6.45) is 48.7. The number of rotatable bonds is 6. The first kappa shape index (κ1) is 40.6. The summed E-state index contributed by atoms with van der Waals surface area (Å²) in [4.78, 5) is 8.49. The average Bonchev–Trinajstić information content (AvgIpc) is 3.92. The molecular formula is C63H61N5. The van der Waals surface area contributed by atoms with E-state index < -0.39 is 0 Å². The molecule has 7 aliphatic carbocycles. The van der Waals surface area contributed by atoms with E-state index in [9.17, 15) is 0 Å². The number of nitrogens with one attached hydrogen (secondary N) is 2. The fraction of sp³-hybridized carbons (Fsp3) is 0.317. The fourth-order valence-electron chi connectivity index (χ4n) is 13.8. The van der Waals surface area contributed by atoms with Crippen LogP contribution in [-0.2, 0) is 12.8 Å². The average molecular weight is 888 g/mol. The van der Waals surface area contributed by atoms with Crippen LogP contribution in [0.1, 0.15) is 116 Å². The summed E-state index contributed by atoms with van der Waals surface area (Å²) in [6.45, 7) is 0. The quantitative estimate of drug-likeness (QED) is 0.167. The summed E-state index contributed by atoms with van der Waals surface area (Å²) in [5.74, 6) is 2.37. The molecule has 4 aromatic carbocycles. The van der Waals surface area contributed by atoms with Crippen LogP contribution >= 0.6 is 0 Å². The first-order valence-electron chi connectivity index (χ1n) is 26.1. The smallest absolute Gasteiger partial charge is 0.132 e. The second-order valence-electron chi connectivity index (χ2n) is 20.9. The van der Waals surface area contributed by atoms with Crippen molar-refractivity contribution in [3.63, 3.8) is 0 Å². The van der Waals surface area contributed by atoms with Crippen LogP contribution in [0.25, 0.3) is 45.1 Å². The number of fused-ring (bicyclic) bond motifs is 10. The van der Waals surface area contributed by atoms with Crippen LogP contribution in [0.4, 0.5) is 5.69 Å². The Hall–Kier alpha value is -6.43. The van der Waals surface area contributed by atoms with E-state index in [0.717, 1.165) is 63.6 Å². The highest BCUT2D eigenvalue weighted by atomic mass is 15.3. The van der Waals surface area contributed by atoms with Gasteiger partial charge in [0.2, 0.25) is 0 Å². The van der Waals surface area contributed by atoms with Gasteiger partial charge >= 0.3 is 0 Å². The zero-order chi connectivity index (χ0) is 44.7. The van der Waals surface area contributed by atoms with E-state index in [2.05, 4.69) is 178 Å². The van der Waals surface area contributed by atoms with Crippen molar-refractivity contribution in [2.45, 2.75) is 108 Å². The van der Waals surface area contributed by atoms with Gasteiger partial charge < -0.3 is 14.8 Å². The molecule has 7 atom stereocenters. The lowest BCUT2D eigenvalue weighted by Gasteiger charge is -2.40. The minimum Gasteiger partial charge on any atom is -0.361 e. The number of aromatic nitrogens is 1. The molecule has 9 aliphatic rings. The van der Waals surface area contributed by atoms with Crippen molar-refractivity contribution in [2.24, 2.45) is 22.7 Å². The van der Waals surface area contributed by atoms with Gasteiger partial charge in [0.1, 0.15) is 12.0 Å². The highest BCUT2D eigenvalue weighted by molar-refractivity contribution is 6.11. The van der Waals surface area contributed by atoms with Gasteiger partial charge in [-0.05, 0) is 175 Å². The first-order valence-corrected chi connectivity index (χ1v) is 26.1. The fourth-order valence-corrected chi connectivity index (χ4v) is 13.8. The van der Waals surface area contributed by atoms with Crippen LogP contribution in [0, 0.1) is 17.8 Å². The molecule has 0 saturated carbocycles. The third-order valence-electron chi connectivity index (χ3n) is 17.1. The number of aliphatic imine (C=N–C) groups is 1. The number of aryl methyl sites for hydroxylation is 1. The molecule has 5 nitrogen and oxygen atoms in total. The Labute approximate surface area is 401 Å². The second-order valence-corrected chi connectivity index (χ2v) is 20.9. The molecular weight excluding hydrogens is 827 g/mol. The van der Waals surface area contributed by atoms with Crippen molar-refractivity contribution < 1.29 is 0 Å². The first-order chi connectivity index (χ1) is 33.7. The lowest BCUT2D eigenvalue weighted by atomic mass is 9.75. The third kappa shape index (κ3) is 6.71. The third-order valence-corrected chi connectivity index (χ3v) is 17.1. The van der Waals surface area contributed by atoms with E-state index in [1.807, 2.05) is 0 Å². The molecule has 0 amide bonds. The molecule has 3 heterocycles. The van der Waals surface area contributed by atoms with Crippen molar-refractivity contribution in [1.29, 1.82) is 0 Å². The maximum Gasteiger partial charge on any atom is 0.132 e. The van der Waals surface area contributed by atoms with Crippen molar-refractivity contribution in [3.05, 3.63) is 196 Å². The molecule has 5 heteroatoms. The minimum absolute atomic E-state index is 0.103. The van der Waals surface area contributed by atoms with Crippen molar-refractivity contribution in [3.8, 4) is 0 Å².